The average Bonchev–Trinajstić information content (AvgIpc) is 2.30. The highest BCUT2D eigenvalue weighted by molar-refractivity contribution is 6.21. The van der Waals surface area contributed by atoms with Crippen LogP contribution in [0, 0.1) is 17.8 Å². The molecule has 0 saturated heterocycles. The molecular weight excluding hydrogens is 132 g/mol. The molecule has 2 aliphatic carbocycles. The number of hydrogen-bond donors (Lipinski definition) is 0. The standard InChI is InChI=1S/C8H11Cl/c1-5-6-3-2-4-7(6)8(5)9/h2,4-8H,3H2,1H3/t5-,6+,7+,8-/m0/s1. The van der Waals surface area contributed by atoms with Crippen LogP contribution in [0.15, 0.2) is 12.2 Å². The van der Waals surface area contributed by atoms with E-state index in [0.717, 1.165) is 17.8 Å². The molecule has 4 atom stereocenters. The van der Waals surface area contributed by atoms with Crippen LogP contribution in [0.2, 0.25) is 0 Å². The van der Waals surface area contributed by atoms with Crippen LogP contribution >= 0.6 is 11.6 Å². The fraction of sp³-hybridized carbons (Fsp3) is 0.750. The first-order chi connectivity index (χ1) is 4.30. The number of halogens is 1. The fourth-order valence-corrected chi connectivity index (χ4v) is 2.50. The Balaban J connectivity index is 2.12. The third-order valence-corrected chi connectivity index (χ3v) is 3.49. The second kappa shape index (κ2) is 1.76. The van der Waals surface area contributed by atoms with Crippen molar-refractivity contribution in [2.45, 2.75) is 18.7 Å². The first-order valence-corrected chi connectivity index (χ1v) is 4.05. The molecule has 0 N–H and O–H groups in total. The highest BCUT2D eigenvalue weighted by Gasteiger charge is 2.46. The van der Waals surface area contributed by atoms with E-state index in [4.69, 9.17) is 11.6 Å². The van der Waals surface area contributed by atoms with Crippen molar-refractivity contribution in [2.75, 3.05) is 0 Å². The van der Waals surface area contributed by atoms with Crippen LogP contribution in [-0.4, -0.2) is 5.38 Å². The number of alkyl halides is 1. The van der Waals surface area contributed by atoms with Crippen LogP contribution in [0.4, 0.5) is 0 Å². The molecular formula is C8H11Cl. The lowest BCUT2D eigenvalue weighted by Crippen LogP contribution is -2.42. The molecule has 50 valence electrons. The molecule has 2 aliphatic rings. The molecule has 9 heavy (non-hydrogen) atoms. The van der Waals surface area contributed by atoms with Gasteiger partial charge in [-0.1, -0.05) is 19.1 Å². The molecule has 0 aromatic carbocycles. The topological polar surface area (TPSA) is 0 Å². The Bertz CT molecular complexity index is 151. The van der Waals surface area contributed by atoms with Gasteiger partial charge in [-0.15, -0.1) is 11.6 Å². The molecule has 0 spiro atoms. The SMILES string of the molecule is C[C@@H]1[C@H](Cl)[C@@H]2C=CC[C@H]12. The van der Waals surface area contributed by atoms with E-state index in [1.807, 2.05) is 0 Å². The molecule has 0 aliphatic heterocycles. The van der Waals surface area contributed by atoms with E-state index in [9.17, 15) is 0 Å². The smallest absolute Gasteiger partial charge is 0.0430 e. The molecule has 0 nitrogen and oxygen atoms in total. The summed E-state index contributed by atoms with van der Waals surface area (Å²) in [6, 6.07) is 0. The average molecular weight is 143 g/mol. The number of allylic oxidation sites excluding steroid dienone is 2. The minimum absolute atomic E-state index is 0.439. The summed E-state index contributed by atoms with van der Waals surface area (Å²) in [6.45, 7) is 2.26. The van der Waals surface area contributed by atoms with Gasteiger partial charge >= 0.3 is 0 Å². The lowest BCUT2D eigenvalue weighted by atomic mass is 9.67. The Morgan fingerprint density at radius 1 is 1.56 bits per heavy atom. The molecule has 0 heterocycles. The van der Waals surface area contributed by atoms with Gasteiger partial charge in [-0.25, -0.2) is 0 Å². The molecule has 0 aromatic rings. The molecule has 0 amide bonds. The predicted molar refractivity (Wildman–Crippen MR) is 39.5 cm³/mol. The van der Waals surface area contributed by atoms with Gasteiger partial charge in [0.25, 0.3) is 0 Å². The van der Waals surface area contributed by atoms with E-state index in [0.29, 0.717) is 5.38 Å². The van der Waals surface area contributed by atoms with Crippen molar-refractivity contribution in [1.82, 2.24) is 0 Å². The molecule has 0 aromatic heterocycles. The lowest BCUT2D eigenvalue weighted by molar-refractivity contribution is 0.151. The minimum Gasteiger partial charge on any atom is -0.122 e. The van der Waals surface area contributed by atoms with Crippen LogP contribution in [-0.2, 0) is 0 Å². The van der Waals surface area contributed by atoms with E-state index in [1.54, 1.807) is 0 Å². The first-order valence-electron chi connectivity index (χ1n) is 3.61. The highest BCUT2D eigenvalue weighted by Crippen LogP contribution is 2.50. The summed E-state index contributed by atoms with van der Waals surface area (Å²) < 4.78 is 0. The van der Waals surface area contributed by atoms with Gasteiger partial charge in [0.15, 0.2) is 0 Å². The van der Waals surface area contributed by atoms with Crippen LogP contribution in [0.5, 0.6) is 0 Å². The van der Waals surface area contributed by atoms with Gasteiger partial charge < -0.3 is 0 Å². The van der Waals surface area contributed by atoms with Gasteiger partial charge in [0.2, 0.25) is 0 Å². The van der Waals surface area contributed by atoms with Crippen LogP contribution < -0.4 is 0 Å². The monoisotopic (exact) mass is 142 g/mol. The third-order valence-electron chi connectivity index (χ3n) is 2.81. The van der Waals surface area contributed by atoms with Gasteiger partial charge in [0.1, 0.15) is 0 Å². The predicted octanol–water partition coefficient (Wildman–Crippen LogP) is 2.44. The normalized spacial score (nSPS) is 54.9. The second-order valence-electron chi connectivity index (χ2n) is 3.21. The summed E-state index contributed by atoms with van der Waals surface area (Å²) in [5.74, 6) is 2.38. The fourth-order valence-electron chi connectivity index (χ4n) is 2.04. The molecule has 2 rings (SSSR count). The number of hydrogen-bond acceptors (Lipinski definition) is 0. The summed E-state index contributed by atoms with van der Waals surface area (Å²) in [5, 5.41) is 0.439. The first kappa shape index (κ1) is 5.79. The van der Waals surface area contributed by atoms with Crippen molar-refractivity contribution in [3.05, 3.63) is 12.2 Å². The molecule has 1 fully saturated rings. The zero-order valence-corrected chi connectivity index (χ0v) is 6.31. The molecule has 0 unspecified atom stereocenters. The molecule has 1 saturated carbocycles. The number of rotatable bonds is 0. The summed E-state index contributed by atoms with van der Waals surface area (Å²) in [5.41, 5.74) is 0. The Morgan fingerprint density at radius 3 is 3.00 bits per heavy atom. The Hall–Kier alpha value is 0.0300. The van der Waals surface area contributed by atoms with Crippen molar-refractivity contribution >= 4 is 11.6 Å². The third kappa shape index (κ3) is 0.602. The van der Waals surface area contributed by atoms with Crippen molar-refractivity contribution in [3.63, 3.8) is 0 Å². The lowest BCUT2D eigenvalue weighted by Gasteiger charge is -2.43. The van der Waals surface area contributed by atoms with E-state index >= 15 is 0 Å². The summed E-state index contributed by atoms with van der Waals surface area (Å²) in [6.07, 6.45) is 5.82. The Morgan fingerprint density at radius 2 is 2.33 bits per heavy atom. The van der Waals surface area contributed by atoms with E-state index in [2.05, 4.69) is 19.1 Å². The Labute approximate surface area is 60.9 Å². The summed E-state index contributed by atoms with van der Waals surface area (Å²) >= 11 is 6.05. The quantitative estimate of drug-likeness (QED) is 0.360. The van der Waals surface area contributed by atoms with Crippen LogP contribution in [0.3, 0.4) is 0 Å². The van der Waals surface area contributed by atoms with E-state index in [1.165, 1.54) is 6.42 Å². The largest absolute Gasteiger partial charge is 0.122 e. The summed E-state index contributed by atoms with van der Waals surface area (Å²) in [7, 11) is 0. The molecule has 0 radical (unpaired) electrons. The van der Waals surface area contributed by atoms with Crippen molar-refractivity contribution in [1.29, 1.82) is 0 Å². The maximum absolute atomic E-state index is 6.05. The van der Waals surface area contributed by atoms with Gasteiger partial charge in [-0.2, -0.15) is 0 Å². The minimum atomic E-state index is 0.439. The van der Waals surface area contributed by atoms with Gasteiger partial charge in [0, 0.05) is 5.38 Å². The van der Waals surface area contributed by atoms with Gasteiger partial charge in [-0.05, 0) is 24.2 Å². The second-order valence-corrected chi connectivity index (χ2v) is 3.71. The highest BCUT2D eigenvalue weighted by atomic mass is 35.5. The summed E-state index contributed by atoms with van der Waals surface area (Å²) in [4.78, 5) is 0. The zero-order chi connectivity index (χ0) is 6.43. The van der Waals surface area contributed by atoms with Gasteiger partial charge in [-0.3, -0.25) is 0 Å². The Kier molecular flexibility index (Phi) is 1.13. The van der Waals surface area contributed by atoms with Crippen molar-refractivity contribution < 1.29 is 0 Å². The van der Waals surface area contributed by atoms with Gasteiger partial charge in [0.05, 0.1) is 0 Å². The van der Waals surface area contributed by atoms with Crippen molar-refractivity contribution in [3.8, 4) is 0 Å². The molecule has 0 bridgehead atoms. The van der Waals surface area contributed by atoms with E-state index < -0.39 is 0 Å². The van der Waals surface area contributed by atoms with Crippen LogP contribution in [0.1, 0.15) is 13.3 Å². The maximum Gasteiger partial charge on any atom is 0.0430 e. The maximum atomic E-state index is 6.05. The van der Waals surface area contributed by atoms with E-state index in [-0.39, 0.29) is 0 Å². The van der Waals surface area contributed by atoms with Crippen LogP contribution in [0.25, 0.3) is 0 Å². The van der Waals surface area contributed by atoms with Crippen molar-refractivity contribution in [2.24, 2.45) is 17.8 Å². The molecule has 1 heteroatoms. The zero-order valence-electron chi connectivity index (χ0n) is 5.55. The number of fused-ring (bicyclic) bond motifs is 1.